The molecule has 0 unspecified atom stereocenters. The lowest BCUT2D eigenvalue weighted by Crippen LogP contribution is -2.48. The number of aryl methyl sites for hydroxylation is 1. The molecule has 0 aliphatic carbocycles. The van der Waals surface area contributed by atoms with Crippen molar-refractivity contribution in [3.05, 3.63) is 53.5 Å². The van der Waals surface area contributed by atoms with Gasteiger partial charge in [0.15, 0.2) is 5.11 Å². The summed E-state index contributed by atoms with van der Waals surface area (Å²) in [5.74, 6) is 0.497. The van der Waals surface area contributed by atoms with E-state index in [1.165, 1.54) is 12.3 Å². The zero-order chi connectivity index (χ0) is 17.5. The van der Waals surface area contributed by atoms with Crippen molar-refractivity contribution >= 4 is 29.1 Å². The number of nitrogens with one attached hydrogen (secondary N) is 3. The van der Waals surface area contributed by atoms with Crippen LogP contribution < -0.4 is 20.9 Å². The topological polar surface area (TPSA) is 92.6 Å². The van der Waals surface area contributed by atoms with E-state index in [1.54, 1.807) is 38.3 Å². The molecule has 0 saturated heterocycles. The maximum atomic E-state index is 11.9. The normalized spacial score (nSPS) is 9.92. The molecule has 0 atom stereocenters. The number of hydrazine groups is 1. The average Bonchev–Trinajstić information content (AvgIpc) is 2.99. The summed E-state index contributed by atoms with van der Waals surface area (Å²) in [6.45, 7) is 1.67. The molecule has 7 nitrogen and oxygen atoms in total. The lowest BCUT2D eigenvalue weighted by Gasteiger charge is -2.10. The monoisotopic (exact) mass is 347 g/mol. The second-order valence-corrected chi connectivity index (χ2v) is 5.28. The van der Waals surface area contributed by atoms with Crippen LogP contribution in [0.5, 0.6) is 5.75 Å². The molecule has 2 rings (SSSR count). The molecule has 1 aromatic carbocycles. The molecule has 2 amide bonds. The molecule has 0 aliphatic heterocycles. The number of thiocarbonyl (C=S) groups is 1. The van der Waals surface area contributed by atoms with Crippen LogP contribution in [0.2, 0.25) is 0 Å². The number of furan rings is 1. The molecule has 8 heteroatoms. The van der Waals surface area contributed by atoms with Crippen LogP contribution in [0.3, 0.4) is 0 Å². The van der Waals surface area contributed by atoms with Gasteiger partial charge in [-0.1, -0.05) is 12.1 Å². The third kappa shape index (κ3) is 4.82. The Morgan fingerprint density at radius 1 is 1.17 bits per heavy atom. The van der Waals surface area contributed by atoms with Crippen LogP contribution in [0.15, 0.2) is 41.0 Å². The predicted octanol–water partition coefficient (Wildman–Crippen LogP) is 1.47. The van der Waals surface area contributed by atoms with Crippen LogP contribution >= 0.6 is 12.2 Å². The molecule has 1 aromatic heterocycles. The standard InChI is InChI=1S/C16H17N3O4S/c1-10-13(7-8-23-10)15(21)18-19-16(24)17-14(20)9-11-3-5-12(22-2)6-4-11/h3-8H,9H2,1-2H3,(H,18,21)(H2,17,19,20,24). The largest absolute Gasteiger partial charge is 0.497 e. The number of amides is 2. The lowest BCUT2D eigenvalue weighted by atomic mass is 10.1. The first-order valence-electron chi connectivity index (χ1n) is 7.07. The Hall–Kier alpha value is -2.87. The Bertz CT molecular complexity index is 740. The minimum absolute atomic E-state index is 0.00279. The van der Waals surface area contributed by atoms with Gasteiger partial charge < -0.3 is 14.5 Å². The number of rotatable bonds is 4. The van der Waals surface area contributed by atoms with E-state index in [4.69, 9.17) is 21.4 Å². The van der Waals surface area contributed by atoms with Gasteiger partial charge in [0.05, 0.1) is 25.4 Å². The number of hydrogen-bond donors (Lipinski definition) is 3. The summed E-state index contributed by atoms with van der Waals surface area (Å²) >= 11 is 4.97. The van der Waals surface area contributed by atoms with Crippen molar-refractivity contribution in [3.8, 4) is 5.75 Å². The van der Waals surface area contributed by atoms with E-state index in [9.17, 15) is 9.59 Å². The van der Waals surface area contributed by atoms with Crippen LogP contribution in [0.1, 0.15) is 21.7 Å². The van der Waals surface area contributed by atoms with Gasteiger partial charge in [-0.3, -0.25) is 20.4 Å². The summed E-state index contributed by atoms with van der Waals surface area (Å²) < 4.78 is 10.1. The molecular formula is C16H17N3O4S. The summed E-state index contributed by atoms with van der Waals surface area (Å²) in [6, 6.07) is 8.66. The first-order chi connectivity index (χ1) is 11.5. The molecule has 24 heavy (non-hydrogen) atoms. The number of benzene rings is 1. The highest BCUT2D eigenvalue weighted by molar-refractivity contribution is 7.80. The van der Waals surface area contributed by atoms with E-state index in [0.29, 0.717) is 17.1 Å². The molecule has 0 bridgehead atoms. The van der Waals surface area contributed by atoms with Gasteiger partial charge in [0.2, 0.25) is 5.91 Å². The van der Waals surface area contributed by atoms with Gasteiger partial charge >= 0.3 is 0 Å². The van der Waals surface area contributed by atoms with Crippen LogP contribution in [0.25, 0.3) is 0 Å². The highest BCUT2D eigenvalue weighted by atomic mass is 32.1. The second kappa shape index (κ2) is 8.11. The molecule has 3 N–H and O–H groups in total. The van der Waals surface area contributed by atoms with Crippen molar-refractivity contribution in [3.63, 3.8) is 0 Å². The summed E-state index contributed by atoms with van der Waals surface area (Å²) in [6.07, 6.45) is 1.57. The predicted molar refractivity (Wildman–Crippen MR) is 91.5 cm³/mol. The van der Waals surface area contributed by atoms with Crippen LogP contribution in [-0.4, -0.2) is 24.0 Å². The summed E-state index contributed by atoms with van der Waals surface area (Å²) in [5, 5.41) is 2.49. The number of methoxy groups -OCH3 is 1. The second-order valence-electron chi connectivity index (χ2n) is 4.87. The molecule has 0 aliphatic rings. The zero-order valence-electron chi connectivity index (χ0n) is 13.2. The van der Waals surface area contributed by atoms with Gasteiger partial charge in [-0.2, -0.15) is 0 Å². The number of carbonyl (C=O) groups excluding carboxylic acids is 2. The Kier molecular flexibility index (Phi) is 5.91. The van der Waals surface area contributed by atoms with Gasteiger partial charge in [0.1, 0.15) is 11.5 Å². The zero-order valence-corrected chi connectivity index (χ0v) is 14.0. The molecule has 126 valence electrons. The van der Waals surface area contributed by atoms with Crippen molar-refractivity contribution in [2.45, 2.75) is 13.3 Å². The average molecular weight is 347 g/mol. The van der Waals surface area contributed by atoms with Gasteiger partial charge in [-0.25, -0.2) is 0 Å². The Balaban J connectivity index is 1.78. The fraction of sp³-hybridized carbons (Fsp3) is 0.188. The summed E-state index contributed by atoms with van der Waals surface area (Å²) in [7, 11) is 1.57. The van der Waals surface area contributed by atoms with Crippen LogP contribution in [0, 0.1) is 6.92 Å². The number of ether oxygens (including phenoxy) is 1. The highest BCUT2D eigenvalue weighted by Crippen LogP contribution is 2.11. The van der Waals surface area contributed by atoms with Crippen molar-refractivity contribution in [2.24, 2.45) is 0 Å². The van der Waals surface area contributed by atoms with Crippen molar-refractivity contribution in [1.82, 2.24) is 16.2 Å². The van der Waals surface area contributed by atoms with E-state index in [0.717, 1.165) is 5.56 Å². The maximum absolute atomic E-state index is 11.9. The number of carbonyl (C=O) groups is 2. The minimum atomic E-state index is -0.409. The first-order valence-corrected chi connectivity index (χ1v) is 7.47. The minimum Gasteiger partial charge on any atom is -0.497 e. The molecule has 0 radical (unpaired) electrons. The smallest absolute Gasteiger partial charge is 0.273 e. The fourth-order valence-corrected chi connectivity index (χ4v) is 2.10. The molecule has 0 spiro atoms. The van der Waals surface area contributed by atoms with Gasteiger partial charge in [0, 0.05) is 0 Å². The molecule has 2 aromatic rings. The van der Waals surface area contributed by atoms with E-state index in [-0.39, 0.29) is 17.4 Å². The molecule has 0 fully saturated rings. The molecular weight excluding hydrogens is 330 g/mol. The SMILES string of the molecule is COc1ccc(CC(=O)NC(=S)NNC(=O)c2ccoc2C)cc1. The van der Waals surface area contributed by atoms with Gasteiger partial charge in [-0.15, -0.1) is 0 Å². The third-order valence-electron chi connectivity index (χ3n) is 3.17. The van der Waals surface area contributed by atoms with Crippen LogP contribution in [0.4, 0.5) is 0 Å². The maximum Gasteiger partial charge on any atom is 0.273 e. The van der Waals surface area contributed by atoms with Gasteiger partial charge in [0.25, 0.3) is 5.91 Å². The molecule has 0 saturated carbocycles. The first kappa shape index (κ1) is 17.5. The summed E-state index contributed by atoms with van der Waals surface area (Å²) in [5.41, 5.74) is 6.06. The Morgan fingerprint density at radius 3 is 2.46 bits per heavy atom. The van der Waals surface area contributed by atoms with Crippen molar-refractivity contribution < 1.29 is 18.7 Å². The van der Waals surface area contributed by atoms with E-state index in [1.807, 2.05) is 0 Å². The Morgan fingerprint density at radius 2 is 1.88 bits per heavy atom. The van der Waals surface area contributed by atoms with Crippen molar-refractivity contribution in [1.29, 1.82) is 0 Å². The highest BCUT2D eigenvalue weighted by Gasteiger charge is 2.12. The lowest BCUT2D eigenvalue weighted by molar-refractivity contribution is -0.119. The third-order valence-corrected chi connectivity index (χ3v) is 3.37. The van der Waals surface area contributed by atoms with Crippen LogP contribution in [-0.2, 0) is 11.2 Å². The van der Waals surface area contributed by atoms with E-state index < -0.39 is 5.91 Å². The number of hydrogen-bond acceptors (Lipinski definition) is 5. The van der Waals surface area contributed by atoms with E-state index in [2.05, 4.69) is 16.2 Å². The van der Waals surface area contributed by atoms with Gasteiger partial charge in [-0.05, 0) is 42.9 Å². The van der Waals surface area contributed by atoms with Crippen molar-refractivity contribution in [2.75, 3.05) is 7.11 Å². The Labute approximate surface area is 144 Å². The fourth-order valence-electron chi connectivity index (χ4n) is 1.93. The quantitative estimate of drug-likeness (QED) is 0.573. The van der Waals surface area contributed by atoms with E-state index >= 15 is 0 Å². The molecule has 1 heterocycles. The summed E-state index contributed by atoms with van der Waals surface area (Å²) in [4.78, 5) is 23.8.